The van der Waals surface area contributed by atoms with E-state index in [9.17, 15) is 4.79 Å². The van der Waals surface area contributed by atoms with Crippen LogP contribution in [0.4, 0.5) is 11.4 Å². The molecule has 0 aliphatic heterocycles. The summed E-state index contributed by atoms with van der Waals surface area (Å²) < 4.78 is 4.55. The first-order valence-corrected chi connectivity index (χ1v) is 3.80. The Morgan fingerprint density at radius 2 is 2.00 bits per heavy atom. The Morgan fingerprint density at radius 3 is 2.54 bits per heavy atom. The highest BCUT2D eigenvalue weighted by Crippen LogP contribution is 2.22. The molecule has 0 aliphatic rings. The number of carbonyl (C=O) groups is 1. The van der Waals surface area contributed by atoms with Gasteiger partial charge in [0.05, 0.1) is 18.4 Å². The first-order valence-electron chi connectivity index (χ1n) is 3.80. The van der Waals surface area contributed by atoms with Crippen LogP contribution >= 0.6 is 0 Å². The lowest BCUT2D eigenvalue weighted by atomic mass is 10.1. The predicted molar refractivity (Wildman–Crippen MR) is 51.3 cm³/mol. The molecule has 70 valence electrons. The van der Waals surface area contributed by atoms with E-state index in [2.05, 4.69) is 4.74 Å². The van der Waals surface area contributed by atoms with Crippen LogP contribution in [-0.4, -0.2) is 13.1 Å². The Hall–Kier alpha value is -1.71. The van der Waals surface area contributed by atoms with Gasteiger partial charge in [-0.2, -0.15) is 0 Å². The van der Waals surface area contributed by atoms with Gasteiger partial charge in [0.15, 0.2) is 0 Å². The Bertz CT molecular complexity index is 348. The predicted octanol–water partition coefficient (Wildman–Crippen LogP) is 0.946. The summed E-state index contributed by atoms with van der Waals surface area (Å²) in [5.74, 6) is -0.444. The van der Waals surface area contributed by atoms with E-state index in [4.69, 9.17) is 11.5 Å². The number of hydrogen-bond donors (Lipinski definition) is 2. The molecule has 0 atom stereocenters. The smallest absolute Gasteiger partial charge is 0.339 e. The monoisotopic (exact) mass is 180 g/mol. The van der Waals surface area contributed by atoms with E-state index >= 15 is 0 Å². The van der Waals surface area contributed by atoms with E-state index in [-0.39, 0.29) is 0 Å². The lowest BCUT2D eigenvalue weighted by Crippen LogP contribution is -2.08. The van der Waals surface area contributed by atoms with Gasteiger partial charge >= 0.3 is 5.97 Å². The van der Waals surface area contributed by atoms with E-state index in [1.807, 2.05) is 0 Å². The number of methoxy groups -OCH3 is 1. The van der Waals surface area contributed by atoms with Crippen molar-refractivity contribution in [2.24, 2.45) is 0 Å². The summed E-state index contributed by atoms with van der Waals surface area (Å²) in [6.07, 6.45) is 0. The average Bonchev–Trinajstić information content (AvgIpc) is 2.13. The molecule has 4 N–H and O–H groups in total. The number of carbonyl (C=O) groups excluding carboxylic acids is 1. The summed E-state index contributed by atoms with van der Waals surface area (Å²) in [7, 11) is 1.31. The van der Waals surface area contributed by atoms with Gasteiger partial charge < -0.3 is 16.2 Å². The first kappa shape index (κ1) is 9.38. The molecule has 0 unspecified atom stereocenters. The molecule has 0 aromatic heterocycles. The van der Waals surface area contributed by atoms with Gasteiger partial charge in [0.2, 0.25) is 0 Å². The third-order valence-corrected chi connectivity index (χ3v) is 1.96. The van der Waals surface area contributed by atoms with Crippen molar-refractivity contribution in [2.75, 3.05) is 18.6 Å². The Balaban J connectivity index is 3.26. The van der Waals surface area contributed by atoms with E-state index in [1.165, 1.54) is 7.11 Å². The van der Waals surface area contributed by atoms with E-state index in [1.54, 1.807) is 19.1 Å². The van der Waals surface area contributed by atoms with Crippen LogP contribution in [0, 0.1) is 6.92 Å². The maximum Gasteiger partial charge on any atom is 0.339 e. The molecular formula is C9H12N2O2. The molecule has 0 saturated heterocycles. The highest BCUT2D eigenvalue weighted by Gasteiger charge is 2.12. The maximum absolute atomic E-state index is 11.2. The molecule has 0 saturated carbocycles. The molecule has 0 radical (unpaired) electrons. The number of nitrogen functional groups attached to an aromatic ring is 2. The van der Waals surface area contributed by atoms with E-state index in [0.717, 1.165) is 0 Å². The fourth-order valence-corrected chi connectivity index (χ4v) is 1.03. The van der Waals surface area contributed by atoms with Crippen molar-refractivity contribution in [1.82, 2.24) is 0 Å². The van der Waals surface area contributed by atoms with Crippen molar-refractivity contribution in [2.45, 2.75) is 6.92 Å². The summed E-state index contributed by atoms with van der Waals surface area (Å²) in [5.41, 5.74) is 13.3. The number of anilines is 2. The van der Waals surface area contributed by atoms with Crippen molar-refractivity contribution >= 4 is 17.3 Å². The van der Waals surface area contributed by atoms with Gasteiger partial charge in [-0.05, 0) is 24.6 Å². The van der Waals surface area contributed by atoms with Crippen LogP contribution in [0.15, 0.2) is 12.1 Å². The molecule has 0 amide bonds. The minimum absolute atomic E-state index is 0.356. The van der Waals surface area contributed by atoms with Crippen molar-refractivity contribution in [3.05, 3.63) is 23.3 Å². The number of esters is 1. The van der Waals surface area contributed by atoms with Gasteiger partial charge in [0.1, 0.15) is 0 Å². The van der Waals surface area contributed by atoms with Crippen LogP contribution in [0.25, 0.3) is 0 Å². The molecule has 13 heavy (non-hydrogen) atoms. The van der Waals surface area contributed by atoms with Crippen LogP contribution in [0.1, 0.15) is 15.9 Å². The molecule has 0 heterocycles. The third kappa shape index (κ3) is 1.56. The summed E-state index contributed by atoms with van der Waals surface area (Å²) in [6.45, 7) is 1.76. The van der Waals surface area contributed by atoms with Crippen molar-refractivity contribution in [1.29, 1.82) is 0 Å². The topological polar surface area (TPSA) is 78.3 Å². The summed E-state index contributed by atoms with van der Waals surface area (Å²) in [6, 6.07) is 3.20. The molecule has 0 fully saturated rings. The van der Waals surface area contributed by atoms with E-state index in [0.29, 0.717) is 22.5 Å². The molecule has 0 aliphatic carbocycles. The lowest BCUT2D eigenvalue weighted by Gasteiger charge is -2.08. The van der Waals surface area contributed by atoms with Crippen molar-refractivity contribution < 1.29 is 9.53 Å². The van der Waals surface area contributed by atoms with Crippen molar-refractivity contribution in [3.63, 3.8) is 0 Å². The Kier molecular flexibility index (Phi) is 2.41. The second-order valence-corrected chi connectivity index (χ2v) is 2.73. The normalized spacial score (nSPS) is 9.69. The second kappa shape index (κ2) is 3.35. The zero-order valence-electron chi connectivity index (χ0n) is 7.63. The zero-order valence-corrected chi connectivity index (χ0v) is 7.63. The molecule has 1 aromatic carbocycles. The average molecular weight is 180 g/mol. The molecule has 4 nitrogen and oxygen atoms in total. The molecule has 1 rings (SSSR count). The lowest BCUT2D eigenvalue weighted by molar-refractivity contribution is 0.0602. The number of rotatable bonds is 1. The van der Waals surface area contributed by atoms with Crippen LogP contribution in [0.5, 0.6) is 0 Å². The quantitative estimate of drug-likeness (QED) is 0.498. The van der Waals surface area contributed by atoms with Gasteiger partial charge in [-0.15, -0.1) is 0 Å². The zero-order chi connectivity index (χ0) is 10.0. The maximum atomic E-state index is 11.2. The van der Waals surface area contributed by atoms with Gasteiger partial charge in [-0.25, -0.2) is 4.79 Å². The van der Waals surface area contributed by atoms with Crippen LogP contribution in [0.2, 0.25) is 0 Å². The number of hydrogen-bond acceptors (Lipinski definition) is 4. The Morgan fingerprint density at radius 1 is 1.38 bits per heavy atom. The van der Waals surface area contributed by atoms with Gasteiger partial charge in [0, 0.05) is 5.69 Å². The highest BCUT2D eigenvalue weighted by atomic mass is 16.5. The van der Waals surface area contributed by atoms with Crippen LogP contribution < -0.4 is 11.5 Å². The standard InChI is InChI=1S/C9H12N2O2/c1-5-7(10)4-3-6(8(5)11)9(12)13-2/h3-4H,10-11H2,1-2H3. The summed E-state index contributed by atoms with van der Waals surface area (Å²) >= 11 is 0. The summed E-state index contributed by atoms with van der Waals surface area (Å²) in [5, 5.41) is 0. The molecule has 0 bridgehead atoms. The second-order valence-electron chi connectivity index (χ2n) is 2.73. The largest absolute Gasteiger partial charge is 0.465 e. The molecule has 1 aromatic rings. The number of benzene rings is 1. The fraction of sp³-hybridized carbons (Fsp3) is 0.222. The fourth-order valence-electron chi connectivity index (χ4n) is 1.03. The summed E-state index contributed by atoms with van der Waals surface area (Å²) in [4.78, 5) is 11.2. The van der Waals surface area contributed by atoms with Crippen molar-refractivity contribution in [3.8, 4) is 0 Å². The SMILES string of the molecule is COC(=O)c1ccc(N)c(C)c1N. The minimum Gasteiger partial charge on any atom is -0.465 e. The molecular weight excluding hydrogens is 168 g/mol. The molecule has 4 heteroatoms. The molecule has 0 spiro atoms. The number of nitrogens with two attached hydrogens (primary N) is 2. The first-order chi connectivity index (χ1) is 6.07. The highest BCUT2D eigenvalue weighted by molar-refractivity contribution is 5.96. The van der Waals surface area contributed by atoms with Crippen LogP contribution in [0.3, 0.4) is 0 Å². The van der Waals surface area contributed by atoms with Gasteiger partial charge in [0.25, 0.3) is 0 Å². The number of ether oxygens (including phenoxy) is 1. The van der Waals surface area contributed by atoms with Gasteiger partial charge in [-0.1, -0.05) is 0 Å². The van der Waals surface area contributed by atoms with E-state index < -0.39 is 5.97 Å². The van der Waals surface area contributed by atoms with Crippen LogP contribution in [-0.2, 0) is 4.74 Å². The third-order valence-electron chi connectivity index (χ3n) is 1.96. The minimum atomic E-state index is -0.444. The van der Waals surface area contributed by atoms with Gasteiger partial charge in [-0.3, -0.25) is 0 Å². The Labute approximate surface area is 76.5 Å².